The van der Waals surface area contributed by atoms with E-state index in [-0.39, 0.29) is 0 Å². The highest BCUT2D eigenvalue weighted by Gasteiger charge is 2.46. The van der Waals surface area contributed by atoms with Gasteiger partial charge in [0.1, 0.15) is 0 Å². The van der Waals surface area contributed by atoms with Crippen LogP contribution in [-0.2, 0) is 4.74 Å². The molecular formula is C18H34N2O. The Hall–Kier alpha value is -0.120. The fraction of sp³-hybridized carbons (Fsp3) is 1.00. The van der Waals surface area contributed by atoms with Crippen molar-refractivity contribution >= 4 is 0 Å². The number of ether oxygens (including phenoxy) is 1. The molecule has 0 radical (unpaired) electrons. The van der Waals surface area contributed by atoms with Crippen LogP contribution in [0, 0.1) is 0 Å². The molecule has 0 aromatic rings. The maximum atomic E-state index is 5.79. The summed E-state index contributed by atoms with van der Waals surface area (Å²) in [5, 5.41) is 3.87. The Kier molecular flexibility index (Phi) is 4.92. The molecule has 21 heavy (non-hydrogen) atoms. The predicted molar refractivity (Wildman–Crippen MR) is 87.7 cm³/mol. The molecule has 1 saturated carbocycles. The zero-order valence-electron chi connectivity index (χ0n) is 14.1. The summed E-state index contributed by atoms with van der Waals surface area (Å²) >= 11 is 0. The Bertz CT molecular complexity index is 334. The Morgan fingerprint density at radius 2 is 2.05 bits per heavy atom. The van der Waals surface area contributed by atoms with Crippen LogP contribution in [-0.4, -0.2) is 48.3 Å². The van der Waals surface area contributed by atoms with Gasteiger partial charge >= 0.3 is 0 Å². The third kappa shape index (κ3) is 3.46. The second-order valence-corrected chi connectivity index (χ2v) is 7.90. The van der Waals surface area contributed by atoms with Crippen LogP contribution in [0.4, 0.5) is 0 Å². The highest BCUT2D eigenvalue weighted by atomic mass is 16.5. The molecule has 3 nitrogen and oxygen atoms in total. The fourth-order valence-electron chi connectivity index (χ4n) is 4.60. The summed E-state index contributed by atoms with van der Waals surface area (Å²) in [6.45, 7) is 9.44. The van der Waals surface area contributed by atoms with E-state index in [9.17, 15) is 0 Å². The Morgan fingerprint density at radius 3 is 2.71 bits per heavy atom. The second kappa shape index (κ2) is 6.55. The first-order chi connectivity index (χ1) is 10.2. The molecule has 2 aliphatic heterocycles. The third-order valence-corrected chi connectivity index (χ3v) is 6.35. The lowest BCUT2D eigenvalue weighted by Crippen LogP contribution is -2.68. The van der Waals surface area contributed by atoms with Crippen molar-refractivity contribution < 1.29 is 4.74 Å². The van der Waals surface area contributed by atoms with Crippen molar-refractivity contribution in [3.8, 4) is 0 Å². The molecule has 2 heterocycles. The minimum absolute atomic E-state index is 0.317. The van der Waals surface area contributed by atoms with Crippen molar-refractivity contribution in [1.82, 2.24) is 10.2 Å². The maximum absolute atomic E-state index is 5.79. The maximum Gasteiger partial charge on any atom is 0.0576 e. The van der Waals surface area contributed by atoms with E-state index in [2.05, 4.69) is 24.1 Å². The Labute approximate surface area is 130 Å². The number of hydrogen-bond donors (Lipinski definition) is 1. The lowest BCUT2D eigenvalue weighted by molar-refractivity contribution is 0.00723. The topological polar surface area (TPSA) is 24.5 Å². The van der Waals surface area contributed by atoms with Crippen molar-refractivity contribution in [3.63, 3.8) is 0 Å². The van der Waals surface area contributed by atoms with E-state index < -0.39 is 0 Å². The van der Waals surface area contributed by atoms with Gasteiger partial charge in [0.2, 0.25) is 0 Å². The number of hydrogen-bond acceptors (Lipinski definition) is 3. The van der Waals surface area contributed by atoms with E-state index >= 15 is 0 Å². The van der Waals surface area contributed by atoms with Gasteiger partial charge < -0.3 is 10.1 Å². The average Bonchev–Trinajstić information content (AvgIpc) is 3.16. The summed E-state index contributed by atoms with van der Waals surface area (Å²) < 4.78 is 5.79. The summed E-state index contributed by atoms with van der Waals surface area (Å²) in [6, 6.07) is 0. The van der Waals surface area contributed by atoms with Crippen LogP contribution in [0.2, 0.25) is 0 Å². The average molecular weight is 294 g/mol. The first-order valence-electron chi connectivity index (χ1n) is 9.28. The van der Waals surface area contributed by atoms with Crippen molar-refractivity contribution in [2.45, 2.75) is 88.8 Å². The van der Waals surface area contributed by atoms with Crippen LogP contribution in [0.3, 0.4) is 0 Å². The molecule has 0 amide bonds. The van der Waals surface area contributed by atoms with Crippen LogP contribution in [0.1, 0.15) is 71.6 Å². The lowest BCUT2D eigenvalue weighted by Gasteiger charge is -2.52. The smallest absolute Gasteiger partial charge is 0.0576 e. The van der Waals surface area contributed by atoms with Crippen molar-refractivity contribution in [2.75, 3.05) is 26.2 Å². The standard InChI is InChI=1S/C18H34N2O/c1-3-17(2)15-20(12-6-8-16-9-7-13-21-16)18(14-19-17)10-4-5-11-18/h16,19H,3-15H2,1-2H3. The van der Waals surface area contributed by atoms with Gasteiger partial charge in [0.25, 0.3) is 0 Å². The molecule has 0 aromatic carbocycles. The molecule has 3 aliphatic rings. The first-order valence-corrected chi connectivity index (χ1v) is 9.28. The molecule has 3 heteroatoms. The molecule has 2 unspecified atom stereocenters. The summed E-state index contributed by atoms with van der Waals surface area (Å²) in [5.74, 6) is 0. The van der Waals surface area contributed by atoms with Crippen LogP contribution < -0.4 is 5.32 Å². The van der Waals surface area contributed by atoms with Gasteiger partial charge in [-0.25, -0.2) is 0 Å². The van der Waals surface area contributed by atoms with Crippen LogP contribution in [0.25, 0.3) is 0 Å². The van der Waals surface area contributed by atoms with E-state index in [1.54, 1.807) is 0 Å². The van der Waals surface area contributed by atoms with E-state index in [1.165, 1.54) is 77.4 Å². The largest absolute Gasteiger partial charge is 0.378 e. The molecule has 0 aromatic heterocycles. The number of rotatable bonds is 5. The fourth-order valence-corrected chi connectivity index (χ4v) is 4.60. The molecule has 122 valence electrons. The van der Waals surface area contributed by atoms with Gasteiger partial charge in [-0.3, -0.25) is 4.90 Å². The number of nitrogens with one attached hydrogen (secondary N) is 1. The zero-order chi connectivity index (χ0) is 14.8. The summed E-state index contributed by atoms with van der Waals surface area (Å²) in [6.07, 6.45) is 12.6. The second-order valence-electron chi connectivity index (χ2n) is 7.90. The third-order valence-electron chi connectivity index (χ3n) is 6.35. The number of piperazine rings is 1. The van der Waals surface area contributed by atoms with E-state index in [0.29, 0.717) is 17.2 Å². The van der Waals surface area contributed by atoms with E-state index in [0.717, 1.165) is 6.61 Å². The van der Waals surface area contributed by atoms with Gasteiger partial charge in [-0.05, 0) is 58.4 Å². The monoisotopic (exact) mass is 294 g/mol. The Morgan fingerprint density at radius 1 is 1.24 bits per heavy atom. The molecule has 0 bridgehead atoms. The van der Waals surface area contributed by atoms with Gasteiger partial charge in [-0.1, -0.05) is 19.8 Å². The molecule has 3 rings (SSSR count). The van der Waals surface area contributed by atoms with Crippen LogP contribution in [0.5, 0.6) is 0 Å². The van der Waals surface area contributed by atoms with E-state index in [1.807, 2.05) is 0 Å². The molecule has 1 spiro atoms. The minimum Gasteiger partial charge on any atom is -0.378 e. The molecule has 3 fully saturated rings. The van der Waals surface area contributed by atoms with E-state index in [4.69, 9.17) is 4.74 Å². The Balaban J connectivity index is 1.57. The number of nitrogens with zero attached hydrogens (tertiary/aromatic N) is 1. The lowest BCUT2D eigenvalue weighted by atomic mass is 9.84. The predicted octanol–water partition coefficient (Wildman–Crippen LogP) is 3.33. The van der Waals surface area contributed by atoms with Crippen molar-refractivity contribution in [2.24, 2.45) is 0 Å². The summed E-state index contributed by atoms with van der Waals surface area (Å²) in [5.41, 5.74) is 0.795. The first kappa shape index (κ1) is 15.8. The van der Waals surface area contributed by atoms with Crippen molar-refractivity contribution in [1.29, 1.82) is 0 Å². The molecule has 1 aliphatic carbocycles. The van der Waals surface area contributed by atoms with Gasteiger partial charge in [-0.2, -0.15) is 0 Å². The summed E-state index contributed by atoms with van der Waals surface area (Å²) in [7, 11) is 0. The molecule has 1 N–H and O–H groups in total. The molecule has 2 atom stereocenters. The van der Waals surface area contributed by atoms with Gasteiger partial charge in [0.05, 0.1) is 6.10 Å². The van der Waals surface area contributed by atoms with Gasteiger partial charge in [0, 0.05) is 30.8 Å². The van der Waals surface area contributed by atoms with Crippen LogP contribution in [0.15, 0.2) is 0 Å². The highest BCUT2D eigenvalue weighted by molar-refractivity contribution is 5.05. The van der Waals surface area contributed by atoms with Gasteiger partial charge in [0.15, 0.2) is 0 Å². The molecular weight excluding hydrogens is 260 g/mol. The highest BCUT2D eigenvalue weighted by Crippen LogP contribution is 2.39. The SMILES string of the molecule is CCC1(C)CN(CCCC2CCCO2)C2(CCCC2)CN1. The van der Waals surface area contributed by atoms with Crippen molar-refractivity contribution in [3.05, 3.63) is 0 Å². The zero-order valence-corrected chi connectivity index (χ0v) is 14.1. The quantitative estimate of drug-likeness (QED) is 0.842. The minimum atomic E-state index is 0.317. The van der Waals surface area contributed by atoms with Gasteiger partial charge in [-0.15, -0.1) is 0 Å². The summed E-state index contributed by atoms with van der Waals surface area (Å²) in [4.78, 5) is 2.86. The normalized spacial score (nSPS) is 36.6. The molecule has 2 saturated heterocycles. The van der Waals surface area contributed by atoms with Crippen LogP contribution >= 0.6 is 0 Å².